The maximum atomic E-state index is 13.9. The fourth-order valence-electron chi connectivity index (χ4n) is 7.26. The number of nitrogens with one attached hydrogen (secondary N) is 1. The summed E-state index contributed by atoms with van der Waals surface area (Å²) in [5.74, 6) is 1.58. The summed E-state index contributed by atoms with van der Waals surface area (Å²) in [4.78, 5) is 44.1. The van der Waals surface area contributed by atoms with Crippen LogP contribution in [0.5, 0.6) is 11.5 Å². The van der Waals surface area contributed by atoms with E-state index in [0.29, 0.717) is 81.0 Å². The topological polar surface area (TPSA) is 126 Å². The number of methoxy groups -OCH3 is 2. The van der Waals surface area contributed by atoms with Gasteiger partial charge in [0.05, 0.1) is 26.2 Å². The largest absolute Gasteiger partial charge is 0.493 e. The lowest BCUT2D eigenvalue weighted by atomic mass is 9.77. The molecule has 46 heavy (non-hydrogen) atoms. The van der Waals surface area contributed by atoms with E-state index >= 15 is 0 Å². The molecule has 3 aliphatic heterocycles. The number of hydrogen-bond acceptors (Lipinski definition) is 7. The number of sulfonamides is 1. The van der Waals surface area contributed by atoms with Gasteiger partial charge in [0.2, 0.25) is 21.8 Å². The molecule has 0 saturated carbocycles. The van der Waals surface area contributed by atoms with Gasteiger partial charge in [-0.1, -0.05) is 6.07 Å². The number of hydrogen-bond donors (Lipinski definition) is 1. The Labute approximate surface area is 272 Å². The minimum absolute atomic E-state index is 0.00219. The van der Waals surface area contributed by atoms with Gasteiger partial charge in [-0.25, -0.2) is 8.42 Å². The van der Waals surface area contributed by atoms with Crippen LogP contribution in [0.3, 0.4) is 0 Å². The average Bonchev–Trinajstić information content (AvgIpc) is 3.04. The van der Waals surface area contributed by atoms with E-state index in [4.69, 9.17) is 9.47 Å². The number of likely N-dealkylation sites (tertiary alicyclic amines) is 1. The number of rotatable bonds is 5. The first-order chi connectivity index (χ1) is 22.0. The molecule has 5 rings (SSSR count). The average molecular weight is 655 g/mol. The summed E-state index contributed by atoms with van der Waals surface area (Å²) >= 11 is 0. The summed E-state index contributed by atoms with van der Waals surface area (Å²) in [7, 11) is 1.30. The van der Waals surface area contributed by atoms with Gasteiger partial charge in [0.1, 0.15) is 0 Å². The molecule has 0 spiro atoms. The van der Waals surface area contributed by atoms with Gasteiger partial charge in [0.25, 0.3) is 5.91 Å². The zero-order chi connectivity index (χ0) is 33.0. The number of carbonyl (C=O) groups is 3. The van der Waals surface area contributed by atoms with E-state index in [1.54, 1.807) is 38.5 Å². The molecule has 4 bridgehead atoms. The van der Waals surface area contributed by atoms with Crippen LogP contribution in [0.1, 0.15) is 60.0 Å². The van der Waals surface area contributed by atoms with Crippen LogP contribution >= 0.6 is 0 Å². The van der Waals surface area contributed by atoms with Crippen LogP contribution in [0, 0.1) is 11.8 Å². The molecule has 2 saturated heterocycles. The van der Waals surface area contributed by atoms with Crippen molar-refractivity contribution in [3.63, 3.8) is 0 Å². The number of fused-ring (bicyclic) bond motifs is 6. The molecular formula is C34H46N4O7S. The molecule has 1 N–H and O–H groups in total. The van der Waals surface area contributed by atoms with Crippen molar-refractivity contribution in [1.29, 1.82) is 0 Å². The second-order valence-corrected chi connectivity index (χ2v) is 14.8. The van der Waals surface area contributed by atoms with Crippen molar-refractivity contribution in [2.24, 2.45) is 11.8 Å². The van der Waals surface area contributed by atoms with Gasteiger partial charge in [-0.05, 0) is 91.8 Å². The summed E-state index contributed by atoms with van der Waals surface area (Å²) < 4.78 is 36.3. The standard InChI is InChI=1S/C34H46N4O7S/c1-36(46(4,42)43)28-13-11-25(12-14-28)34(41)37-20-24-18-27(22-37)29-8-5-9-31(39)35-16-6-7-26-17-23(10-15-32(40)38(29)21-24)19-30(44-2)33(26)45-3/h11-14,17,19,24,27,29H,5-10,15-16,18,20-22H2,1-4H3,(H,35,39)/t24-,27-,29-/m0/s1. The third-order valence-corrected chi connectivity index (χ3v) is 10.8. The Morgan fingerprint density at radius 1 is 0.957 bits per heavy atom. The molecule has 0 unspecified atom stereocenters. The highest BCUT2D eigenvalue weighted by Crippen LogP contribution is 2.38. The molecule has 250 valence electrons. The van der Waals surface area contributed by atoms with E-state index in [1.807, 2.05) is 15.9 Å². The Kier molecular flexibility index (Phi) is 10.4. The molecule has 3 amide bonds. The van der Waals surface area contributed by atoms with Crippen molar-refractivity contribution in [3.05, 3.63) is 53.1 Å². The van der Waals surface area contributed by atoms with E-state index in [0.717, 1.165) is 36.6 Å². The Bertz CT molecular complexity index is 1550. The highest BCUT2D eigenvalue weighted by molar-refractivity contribution is 7.92. The minimum Gasteiger partial charge on any atom is -0.493 e. The summed E-state index contributed by atoms with van der Waals surface area (Å²) in [5, 5.41) is 3.04. The number of anilines is 1. The highest BCUT2D eigenvalue weighted by atomic mass is 32.2. The normalized spacial score (nSPS) is 22.8. The zero-order valence-corrected chi connectivity index (χ0v) is 28.1. The molecule has 3 atom stereocenters. The second kappa shape index (κ2) is 14.3. The Hall–Kier alpha value is -3.80. The fraction of sp³-hybridized carbons (Fsp3) is 0.559. The Morgan fingerprint density at radius 2 is 1.72 bits per heavy atom. The van der Waals surface area contributed by atoms with Crippen molar-refractivity contribution >= 4 is 33.4 Å². The van der Waals surface area contributed by atoms with Gasteiger partial charge < -0.3 is 24.6 Å². The first-order valence-corrected chi connectivity index (χ1v) is 18.0. The molecule has 2 aromatic rings. The molecule has 2 fully saturated rings. The monoisotopic (exact) mass is 654 g/mol. The van der Waals surface area contributed by atoms with Crippen LogP contribution in [0.2, 0.25) is 0 Å². The summed E-state index contributed by atoms with van der Waals surface area (Å²) in [6, 6.07) is 10.6. The molecule has 0 aromatic heterocycles. The number of amides is 3. The first kappa shape index (κ1) is 33.6. The smallest absolute Gasteiger partial charge is 0.253 e. The summed E-state index contributed by atoms with van der Waals surface area (Å²) in [6.07, 6.45) is 6.24. The van der Waals surface area contributed by atoms with E-state index in [-0.39, 0.29) is 35.6 Å². The van der Waals surface area contributed by atoms with Gasteiger partial charge in [-0.15, -0.1) is 0 Å². The van der Waals surface area contributed by atoms with Crippen LogP contribution < -0.4 is 19.1 Å². The number of ether oxygens (including phenoxy) is 2. The molecule has 3 aliphatic rings. The molecule has 0 radical (unpaired) electrons. The maximum absolute atomic E-state index is 13.9. The molecule has 12 heteroatoms. The SMILES string of the molecule is COc1cc2cc(c1OC)CCCNC(=O)CCC[C@H]1[C@H]3C[C@@H](CN(C(=O)c4ccc(N(C)S(C)(=O)=O)cc4)C3)CN1C(=O)CC2. The van der Waals surface area contributed by atoms with E-state index in [2.05, 4.69) is 11.4 Å². The van der Waals surface area contributed by atoms with Crippen LogP contribution in [0.15, 0.2) is 36.4 Å². The quantitative estimate of drug-likeness (QED) is 0.525. The maximum Gasteiger partial charge on any atom is 0.253 e. The second-order valence-electron chi connectivity index (χ2n) is 12.8. The van der Waals surface area contributed by atoms with Crippen molar-refractivity contribution in [1.82, 2.24) is 15.1 Å². The lowest BCUT2D eigenvalue weighted by molar-refractivity contribution is -0.140. The zero-order valence-electron chi connectivity index (χ0n) is 27.3. The van der Waals surface area contributed by atoms with Crippen molar-refractivity contribution < 1.29 is 32.3 Å². The lowest BCUT2D eigenvalue weighted by Gasteiger charge is -2.51. The van der Waals surface area contributed by atoms with Crippen LogP contribution in [0.4, 0.5) is 5.69 Å². The van der Waals surface area contributed by atoms with Gasteiger partial charge in [-0.2, -0.15) is 0 Å². The van der Waals surface area contributed by atoms with E-state index in [1.165, 1.54) is 11.4 Å². The van der Waals surface area contributed by atoms with Crippen molar-refractivity contribution in [2.75, 3.05) is 58.0 Å². The Morgan fingerprint density at radius 3 is 2.41 bits per heavy atom. The van der Waals surface area contributed by atoms with E-state index in [9.17, 15) is 22.8 Å². The summed E-state index contributed by atoms with van der Waals surface area (Å²) in [6.45, 7) is 2.22. The van der Waals surface area contributed by atoms with Gasteiger partial charge in [0, 0.05) is 57.7 Å². The van der Waals surface area contributed by atoms with Crippen LogP contribution in [0.25, 0.3) is 0 Å². The van der Waals surface area contributed by atoms with Crippen LogP contribution in [-0.2, 0) is 32.5 Å². The number of benzene rings is 2. The number of piperidine rings is 2. The number of aryl methyl sites for hydroxylation is 2. The number of nitrogens with zero attached hydrogens (tertiary/aromatic N) is 3. The van der Waals surface area contributed by atoms with E-state index < -0.39 is 10.0 Å². The predicted octanol–water partition coefficient (Wildman–Crippen LogP) is 3.25. The molecule has 2 aromatic carbocycles. The van der Waals surface area contributed by atoms with Gasteiger partial charge in [-0.3, -0.25) is 18.7 Å². The molecular weight excluding hydrogens is 608 g/mol. The summed E-state index contributed by atoms with van der Waals surface area (Å²) in [5.41, 5.74) is 3.00. The predicted molar refractivity (Wildman–Crippen MR) is 176 cm³/mol. The third kappa shape index (κ3) is 7.59. The van der Waals surface area contributed by atoms with Gasteiger partial charge >= 0.3 is 0 Å². The fourth-order valence-corrected chi connectivity index (χ4v) is 7.76. The first-order valence-electron chi connectivity index (χ1n) is 16.1. The van der Waals surface area contributed by atoms with Crippen LogP contribution in [-0.4, -0.2) is 95.7 Å². The Balaban J connectivity index is 1.34. The highest BCUT2D eigenvalue weighted by Gasteiger charge is 2.43. The van der Waals surface area contributed by atoms with Crippen molar-refractivity contribution in [3.8, 4) is 11.5 Å². The minimum atomic E-state index is -3.41. The molecule has 11 nitrogen and oxygen atoms in total. The number of carbonyl (C=O) groups excluding carboxylic acids is 3. The third-order valence-electron chi connectivity index (χ3n) is 9.64. The molecule has 3 heterocycles. The lowest BCUT2D eigenvalue weighted by Crippen LogP contribution is -2.60. The van der Waals surface area contributed by atoms with Gasteiger partial charge in [0.15, 0.2) is 11.5 Å². The molecule has 0 aliphatic carbocycles. The van der Waals surface area contributed by atoms with Crippen molar-refractivity contribution in [2.45, 2.75) is 57.4 Å².